The molecule has 0 heterocycles. The van der Waals surface area contributed by atoms with Crippen molar-refractivity contribution in [1.82, 2.24) is 5.32 Å². The Hall–Kier alpha value is -1.35. The molecule has 0 aromatic heterocycles. The largest absolute Gasteiger partial charge is 0.353 e. The SMILES string of the molecule is CC(C)(C)C(CCN)NC(=O)C1CCc2ccccc2C1. The normalized spacial score (nSPS) is 19.7. The maximum atomic E-state index is 12.6. The van der Waals surface area contributed by atoms with Crippen molar-refractivity contribution in [3.63, 3.8) is 0 Å². The van der Waals surface area contributed by atoms with Crippen LogP contribution in [-0.4, -0.2) is 18.5 Å². The van der Waals surface area contributed by atoms with E-state index in [1.54, 1.807) is 0 Å². The number of carbonyl (C=O) groups is 1. The maximum absolute atomic E-state index is 12.6. The summed E-state index contributed by atoms with van der Waals surface area (Å²) in [7, 11) is 0. The van der Waals surface area contributed by atoms with E-state index >= 15 is 0 Å². The molecule has 116 valence electrons. The van der Waals surface area contributed by atoms with Gasteiger partial charge in [0.2, 0.25) is 5.91 Å². The first-order valence-corrected chi connectivity index (χ1v) is 7.99. The van der Waals surface area contributed by atoms with Crippen LogP contribution in [0.5, 0.6) is 0 Å². The first kappa shape index (κ1) is 16.0. The summed E-state index contributed by atoms with van der Waals surface area (Å²) in [6.45, 7) is 7.08. The van der Waals surface area contributed by atoms with Crippen molar-refractivity contribution in [3.8, 4) is 0 Å². The summed E-state index contributed by atoms with van der Waals surface area (Å²) in [5.41, 5.74) is 8.46. The van der Waals surface area contributed by atoms with Crippen molar-refractivity contribution in [2.24, 2.45) is 17.1 Å². The summed E-state index contributed by atoms with van der Waals surface area (Å²) >= 11 is 0. The second kappa shape index (κ2) is 6.61. The number of aryl methyl sites for hydroxylation is 1. The highest BCUT2D eigenvalue weighted by atomic mass is 16.1. The zero-order valence-electron chi connectivity index (χ0n) is 13.5. The van der Waals surface area contributed by atoms with Crippen LogP contribution in [0.2, 0.25) is 0 Å². The fourth-order valence-electron chi connectivity index (χ4n) is 3.10. The number of nitrogens with one attached hydrogen (secondary N) is 1. The molecule has 2 atom stereocenters. The predicted octanol–water partition coefficient (Wildman–Crippen LogP) is 2.67. The molecule has 0 fully saturated rings. The van der Waals surface area contributed by atoms with Crippen molar-refractivity contribution in [2.75, 3.05) is 6.54 Å². The molecular weight excluding hydrogens is 260 g/mol. The smallest absolute Gasteiger partial charge is 0.223 e. The van der Waals surface area contributed by atoms with E-state index < -0.39 is 0 Å². The number of carbonyl (C=O) groups excluding carboxylic acids is 1. The molecule has 3 N–H and O–H groups in total. The lowest BCUT2D eigenvalue weighted by molar-refractivity contribution is -0.126. The third-order valence-electron chi connectivity index (χ3n) is 4.53. The number of fused-ring (bicyclic) bond motifs is 1. The van der Waals surface area contributed by atoms with Crippen molar-refractivity contribution < 1.29 is 4.79 Å². The fourth-order valence-corrected chi connectivity index (χ4v) is 3.10. The van der Waals surface area contributed by atoms with Gasteiger partial charge in [0.1, 0.15) is 0 Å². The Morgan fingerprint density at radius 2 is 2.00 bits per heavy atom. The number of nitrogens with two attached hydrogens (primary N) is 1. The van der Waals surface area contributed by atoms with E-state index in [0.717, 1.165) is 25.7 Å². The van der Waals surface area contributed by atoms with Gasteiger partial charge in [0.15, 0.2) is 0 Å². The molecular formula is C18H28N2O. The van der Waals surface area contributed by atoms with Crippen LogP contribution in [0.4, 0.5) is 0 Å². The molecule has 1 aromatic carbocycles. The minimum absolute atomic E-state index is 0.0433. The Bertz CT molecular complexity index is 490. The molecule has 21 heavy (non-hydrogen) atoms. The average Bonchev–Trinajstić information content (AvgIpc) is 2.45. The third kappa shape index (κ3) is 4.07. The van der Waals surface area contributed by atoms with Gasteiger partial charge >= 0.3 is 0 Å². The molecule has 1 aromatic rings. The van der Waals surface area contributed by atoms with E-state index in [1.807, 2.05) is 0 Å². The van der Waals surface area contributed by atoms with Crippen LogP contribution >= 0.6 is 0 Å². The van der Waals surface area contributed by atoms with Gasteiger partial charge in [0.05, 0.1) is 0 Å². The highest BCUT2D eigenvalue weighted by Gasteiger charge is 2.30. The Morgan fingerprint density at radius 3 is 2.62 bits per heavy atom. The topological polar surface area (TPSA) is 55.1 Å². The van der Waals surface area contributed by atoms with E-state index in [4.69, 9.17) is 5.73 Å². The second-order valence-corrected chi connectivity index (χ2v) is 7.21. The summed E-state index contributed by atoms with van der Waals surface area (Å²) in [5, 5.41) is 3.24. The maximum Gasteiger partial charge on any atom is 0.223 e. The molecule has 0 bridgehead atoms. The van der Waals surface area contributed by atoms with E-state index in [2.05, 4.69) is 50.4 Å². The number of rotatable bonds is 4. The van der Waals surface area contributed by atoms with E-state index in [-0.39, 0.29) is 23.3 Å². The standard InChI is InChI=1S/C18H28N2O/c1-18(2,3)16(10-11-19)20-17(21)15-9-8-13-6-4-5-7-14(13)12-15/h4-7,15-16H,8-12,19H2,1-3H3,(H,20,21). The molecule has 2 rings (SSSR count). The molecule has 2 unspecified atom stereocenters. The minimum atomic E-state index is 0.0433. The summed E-state index contributed by atoms with van der Waals surface area (Å²) < 4.78 is 0. The van der Waals surface area contributed by atoms with Gasteiger partial charge in [-0.1, -0.05) is 45.0 Å². The second-order valence-electron chi connectivity index (χ2n) is 7.21. The zero-order valence-corrected chi connectivity index (χ0v) is 13.5. The molecule has 1 amide bonds. The molecule has 3 heteroatoms. The van der Waals surface area contributed by atoms with Crippen LogP contribution in [-0.2, 0) is 17.6 Å². The van der Waals surface area contributed by atoms with Gasteiger partial charge in [-0.25, -0.2) is 0 Å². The summed E-state index contributed by atoms with van der Waals surface area (Å²) in [6, 6.07) is 8.61. The van der Waals surface area contributed by atoms with Gasteiger partial charge in [-0.2, -0.15) is 0 Å². The van der Waals surface area contributed by atoms with Crippen LogP contribution < -0.4 is 11.1 Å². The highest BCUT2D eigenvalue weighted by Crippen LogP contribution is 2.27. The lowest BCUT2D eigenvalue weighted by Gasteiger charge is -2.33. The van der Waals surface area contributed by atoms with E-state index in [1.165, 1.54) is 11.1 Å². The monoisotopic (exact) mass is 288 g/mol. The summed E-state index contributed by atoms with van der Waals surface area (Å²) in [6.07, 6.45) is 3.65. The molecule has 0 spiro atoms. The van der Waals surface area contributed by atoms with Crippen LogP contribution in [0.3, 0.4) is 0 Å². The van der Waals surface area contributed by atoms with E-state index in [9.17, 15) is 4.79 Å². The molecule has 1 aliphatic carbocycles. The van der Waals surface area contributed by atoms with Crippen molar-refractivity contribution in [1.29, 1.82) is 0 Å². The summed E-state index contributed by atoms with van der Waals surface area (Å²) in [4.78, 5) is 12.6. The lowest BCUT2D eigenvalue weighted by Crippen LogP contribution is -2.47. The molecule has 1 aliphatic rings. The average molecular weight is 288 g/mol. The van der Waals surface area contributed by atoms with Gasteiger partial charge in [0, 0.05) is 12.0 Å². The molecule has 0 aliphatic heterocycles. The van der Waals surface area contributed by atoms with Gasteiger partial charge in [0.25, 0.3) is 0 Å². The first-order valence-electron chi connectivity index (χ1n) is 7.99. The third-order valence-corrected chi connectivity index (χ3v) is 4.53. The molecule has 3 nitrogen and oxygen atoms in total. The summed E-state index contributed by atoms with van der Waals surface area (Å²) in [5.74, 6) is 0.292. The number of benzene rings is 1. The lowest BCUT2D eigenvalue weighted by atomic mass is 9.81. The Morgan fingerprint density at radius 1 is 1.33 bits per heavy atom. The Balaban J connectivity index is 2.01. The van der Waals surface area contributed by atoms with Gasteiger partial charge in [-0.05, 0) is 48.8 Å². The van der Waals surface area contributed by atoms with Crippen LogP contribution in [0, 0.1) is 11.3 Å². The van der Waals surface area contributed by atoms with Crippen molar-refractivity contribution in [2.45, 2.75) is 52.5 Å². The minimum Gasteiger partial charge on any atom is -0.353 e. The van der Waals surface area contributed by atoms with Crippen molar-refractivity contribution >= 4 is 5.91 Å². The van der Waals surface area contributed by atoms with E-state index in [0.29, 0.717) is 6.54 Å². The molecule has 0 saturated heterocycles. The Kier molecular flexibility index (Phi) is 5.04. The predicted molar refractivity (Wildman–Crippen MR) is 87.0 cm³/mol. The van der Waals surface area contributed by atoms with Gasteiger partial charge in [-0.3, -0.25) is 4.79 Å². The molecule has 0 radical (unpaired) electrons. The first-order chi connectivity index (χ1) is 9.91. The fraction of sp³-hybridized carbons (Fsp3) is 0.611. The molecule has 0 saturated carbocycles. The number of hydrogen-bond donors (Lipinski definition) is 2. The van der Waals surface area contributed by atoms with Crippen LogP contribution in [0.25, 0.3) is 0 Å². The van der Waals surface area contributed by atoms with Gasteiger partial charge in [-0.15, -0.1) is 0 Å². The Labute approximate surface area is 128 Å². The highest BCUT2D eigenvalue weighted by molar-refractivity contribution is 5.79. The van der Waals surface area contributed by atoms with Gasteiger partial charge < -0.3 is 11.1 Å². The van der Waals surface area contributed by atoms with Crippen molar-refractivity contribution in [3.05, 3.63) is 35.4 Å². The number of hydrogen-bond acceptors (Lipinski definition) is 2. The quantitative estimate of drug-likeness (QED) is 0.895. The number of amides is 1. The van der Waals surface area contributed by atoms with Crippen LogP contribution in [0.1, 0.15) is 44.7 Å². The zero-order chi connectivity index (χ0) is 15.5. The van der Waals surface area contributed by atoms with Crippen LogP contribution in [0.15, 0.2) is 24.3 Å².